The first-order chi connectivity index (χ1) is 8.20. The average molecular weight is 276 g/mol. The van der Waals surface area contributed by atoms with E-state index < -0.39 is 0 Å². The topological polar surface area (TPSA) is 78.4 Å². The molecular weight excluding hydrogens is 260 g/mol. The maximum absolute atomic E-state index is 11.2. The van der Waals surface area contributed by atoms with E-state index in [1.54, 1.807) is 0 Å². The van der Waals surface area contributed by atoms with Crippen LogP contribution in [0.3, 0.4) is 0 Å². The SMILES string of the molecule is O=C1NC2CSC(CCCCC(=O)SO)C2N1. The number of thioether (sulfide) groups is 1. The number of rotatable bonds is 5. The molecular formula is C10H16N2O3S2. The number of hydrogen-bond acceptors (Lipinski definition) is 5. The fraction of sp³-hybridized carbons (Fsp3) is 0.800. The molecule has 3 atom stereocenters. The summed E-state index contributed by atoms with van der Waals surface area (Å²) in [5.74, 6) is 0.972. The van der Waals surface area contributed by atoms with Gasteiger partial charge >= 0.3 is 6.03 Å². The summed E-state index contributed by atoms with van der Waals surface area (Å²) in [7, 11) is 0. The van der Waals surface area contributed by atoms with Crippen molar-refractivity contribution in [2.75, 3.05) is 5.75 Å². The molecule has 0 aliphatic carbocycles. The molecule has 2 heterocycles. The van der Waals surface area contributed by atoms with E-state index in [9.17, 15) is 9.59 Å². The lowest BCUT2D eigenvalue weighted by molar-refractivity contribution is -0.111. The van der Waals surface area contributed by atoms with Crippen LogP contribution in [0.4, 0.5) is 4.79 Å². The van der Waals surface area contributed by atoms with Gasteiger partial charge in [0.15, 0.2) is 0 Å². The third-order valence-corrected chi connectivity index (χ3v) is 5.08. The van der Waals surface area contributed by atoms with Crippen LogP contribution in [0.25, 0.3) is 0 Å². The minimum Gasteiger partial charge on any atom is -0.332 e. The number of carbonyl (C=O) groups is 2. The number of nitrogens with one attached hydrogen (secondary N) is 2. The number of hydrogen-bond donors (Lipinski definition) is 3. The molecule has 3 unspecified atom stereocenters. The van der Waals surface area contributed by atoms with Crippen LogP contribution >= 0.6 is 23.8 Å². The van der Waals surface area contributed by atoms with Gasteiger partial charge in [-0.15, -0.1) is 0 Å². The van der Waals surface area contributed by atoms with E-state index in [1.807, 2.05) is 11.8 Å². The molecule has 96 valence electrons. The van der Waals surface area contributed by atoms with Crippen molar-refractivity contribution in [1.82, 2.24) is 10.6 Å². The first kappa shape index (κ1) is 13.0. The molecule has 0 aromatic carbocycles. The molecule has 17 heavy (non-hydrogen) atoms. The maximum Gasteiger partial charge on any atom is 0.315 e. The highest BCUT2D eigenvalue weighted by Gasteiger charge is 2.42. The summed E-state index contributed by atoms with van der Waals surface area (Å²) < 4.78 is 8.51. The molecule has 2 fully saturated rings. The Balaban J connectivity index is 1.66. The van der Waals surface area contributed by atoms with Crippen molar-refractivity contribution < 1.29 is 14.1 Å². The molecule has 2 amide bonds. The number of amides is 2. The third-order valence-electron chi connectivity index (χ3n) is 3.16. The number of carbonyl (C=O) groups excluding carboxylic acids is 2. The second-order valence-corrected chi connectivity index (χ2v) is 6.24. The maximum atomic E-state index is 11.2. The first-order valence-electron chi connectivity index (χ1n) is 5.73. The van der Waals surface area contributed by atoms with E-state index in [0.29, 0.717) is 23.7 Å². The van der Waals surface area contributed by atoms with E-state index in [-0.39, 0.29) is 23.2 Å². The van der Waals surface area contributed by atoms with E-state index in [0.717, 1.165) is 25.0 Å². The predicted octanol–water partition coefficient (Wildman–Crippen LogP) is 1.44. The molecule has 0 bridgehead atoms. The quantitative estimate of drug-likeness (QED) is 0.402. The molecule has 2 aliphatic heterocycles. The van der Waals surface area contributed by atoms with Gasteiger partial charge in [-0.05, 0) is 12.8 Å². The lowest BCUT2D eigenvalue weighted by Gasteiger charge is -2.16. The minimum atomic E-state index is -0.169. The molecule has 0 spiro atoms. The van der Waals surface area contributed by atoms with Crippen molar-refractivity contribution in [2.45, 2.75) is 43.0 Å². The van der Waals surface area contributed by atoms with Crippen molar-refractivity contribution in [3.63, 3.8) is 0 Å². The van der Waals surface area contributed by atoms with Crippen molar-refractivity contribution >= 4 is 35.0 Å². The Kier molecular flexibility index (Phi) is 4.58. The van der Waals surface area contributed by atoms with Crippen molar-refractivity contribution in [1.29, 1.82) is 0 Å². The second-order valence-electron chi connectivity index (χ2n) is 4.33. The highest BCUT2D eigenvalue weighted by atomic mass is 32.2. The largest absolute Gasteiger partial charge is 0.332 e. The zero-order valence-corrected chi connectivity index (χ0v) is 11.0. The Labute approximate surface area is 109 Å². The molecule has 0 radical (unpaired) electrons. The fourth-order valence-corrected chi connectivity index (χ4v) is 4.08. The van der Waals surface area contributed by atoms with E-state index >= 15 is 0 Å². The fourth-order valence-electron chi connectivity index (χ4n) is 2.30. The van der Waals surface area contributed by atoms with Crippen LogP contribution < -0.4 is 10.6 Å². The summed E-state index contributed by atoms with van der Waals surface area (Å²) in [5.41, 5.74) is 0. The van der Waals surface area contributed by atoms with Crippen LogP contribution in [0.1, 0.15) is 25.7 Å². The highest BCUT2D eigenvalue weighted by molar-refractivity contribution is 8.08. The van der Waals surface area contributed by atoms with Gasteiger partial charge in [-0.25, -0.2) is 4.79 Å². The van der Waals surface area contributed by atoms with Gasteiger partial charge in [0.25, 0.3) is 0 Å². The standard InChI is InChI=1S/C10H16N2O3S2/c13-8(17-15)4-2-1-3-7-9-6(5-16-7)11-10(14)12-9/h6-7,9,15H,1-5H2,(H2,11,12,14). The Bertz CT molecular complexity index is 314. The van der Waals surface area contributed by atoms with Gasteiger partial charge in [0.1, 0.15) is 0 Å². The monoisotopic (exact) mass is 276 g/mol. The Hall–Kier alpha value is -0.400. The zero-order chi connectivity index (χ0) is 12.3. The zero-order valence-electron chi connectivity index (χ0n) is 9.35. The predicted molar refractivity (Wildman–Crippen MR) is 69.2 cm³/mol. The lowest BCUT2D eigenvalue weighted by atomic mass is 10.0. The van der Waals surface area contributed by atoms with Crippen molar-refractivity contribution in [3.8, 4) is 0 Å². The number of fused-ring (bicyclic) bond motifs is 1. The normalized spacial score (nSPS) is 30.9. The third kappa shape index (κ3) is 3.29. The Morgan fingerprint density at radius 1 is 1.47 bits per heavy atom. The van der Waals surface area contributed by atoms with Crippen LogP contribution in [-0.4, -0.2) is 38.8 Å². The molecule has 2 rings (SSSR count). The van der Waals surface area contributed by atoms with Gasteiger partial charge in [-0.3, -0.25) is 4.79 Å². The van der Waals surface area contributed by atoms with Crippen LogP contribution in [0.5, 0.6) is 0 Å². The summed E-state index contributed by atoms with van der Waals surface area (Å²) in [4.78, 5) is 22.0. The highest BCUT2D eigenvalue weighted by Crippen LogP contribution is 2.33. The van der Waals surface area contributed by atoms with Gasteiger partial charge < -0.3 is 15.2 Å². The molecule has 2 aliphatic rings. The number of unbranched alkanes of at least 4 members (excludes halogenated alkanes) is 1. The molecule has 0 aromatic rings. The van der Waals surface area contributed by atoms with Crippen LogP contribution in [0.2, 0.25) is 0 Å². The van der Waals surface area contributed by atoms with E-state index in [1.165, 1.54) is 0 Å². The molecule has 0 aromatic heterocycles. The van der Waals surface area contributed by atoms with Crippen LogP contribution in [0, 0.1) is 0 Å². The Morgan fingerprint density at radius 3 is 3.06 bits per heavy atom. The van der Waals surface area contributed by atoms with Crippen LogP contribution in [-0.2, 0) is 4.79 Å². The van der Waals surface area contributed by atoms with Gasteiger partial charge in [0, 0.05) is 17.4 Å². The van der Waals surface area contributed by atoms with E-state index in [4.69, 9.17) is 4.55 Å². The second kappa shape index (κ2) is 5.97. The summed E-state index contributed by atoms with van der Waals surface area (Å²) in [6.07, 6.45) is 3.21. The molecule has 2 saturated heterocycles. The summed E-state index contributed by atoms with van der Waals surface area (Å²) in [5, 5.41) is 6.13. The average Bonchev–Trinajstić information content (AvgIpc) is 2.84. The van der Waals surface area contributed by atoms with E-state index in [2.05, 4.69) is 10.6 Å². The molecule has 3 N–H and O–H groups in total. The Morgan fingerprint density at radius 2 is 2.29 bits per heavy atom. The van der Waals surface area contributed by atoms with Gasteiger partial charge in [0.2, 0.25) is 5.12 Å². The summed E-state index contributed by atoms with van der Waals surface area (Å²) in [6.45, 7) is 0. The van der Waals surface area contributed by atoms with Gasteiger partial charge in [-0.2, -0.15) is 11.8 Å². The van der Waals surface area contributed by atoms with Crippen LogP contribution in [0.15, 0.2) is 0 Å². The summed E-state index contributed by atoms with van der Waals surface area (Å²) in [6, 6.07) is 0.458. The van der Waals surface area contributed by atoms with Crippen molar-refractivity contribution in [3.05, 3.63) is 0 Å². The van der Waals surface area contributed by atoms with Gasteiger partial charge in [0.05, 0.1) is 24.1 Å². The van der Waals surface area contributed by atoms with Crippen molar-refractivity contribution in [2.24, 2.45) is 0 Å². The lowest BCUT2D eigenvalue weighted by Crippen LogP contribution is -2.36. The smallest absolute Gasteiger partial charge is 0.315 e. The molecule has 0 saturated carbocycles. The number of urea groups is 1. The molecule has 7 heteroatoms. The first-order valence-corrected chi connectivity index (χ1v) is 7.56. The minimum absolute atomic E-state index is 0.0582. The van der Waals surface area contributed by atoms with Gasteiger partial charge in [-0.1, -0.05) is 6.42 Å². The molecule has 5 nitrogen and oxygen atoms in total. The summed E-state index contributed by atoms with van der Waals surface area (Å²) >= 11 is 2.20.